The summed E-state index contributed by atoms with van der Waals surface area (Å²) in [5, 5.41) is 0. The zero-order valence-corrected chi connectivity index (χ0v) is 19.7. The van der Waals surface area contributed by atoms with Gasteiger partial charge in [0.15, 0.2) is 0 Å². The minimum absolute atomic E-state index is 0.166. The van der Waals surface area contributed by atoms with E-state index in [-0.39, 0.29) is 11.8 Å². The van der Waals surface area contributed by atoms with Crippen LogP contribution >= 0.6 is 0 Å². The smallest absolute Gasteiger partial charge is 0.236 e. The molecule has 2 aliphatic heterocycles. The summed E-state index contributed by atoms with van der Waals surface area (Å²) in [5.41, 5.74) is 3.41. The van der Waals surface area contributed by atoms with E-state index in [1.807, 2.05) is 53.1 Å². The molecule has 2 aromatic carbocycles. The van der Waals surface area contributed by atoms with E-state index >= 15 is 0 Å². The number of piperazine rings is 2. The average molecular weight is 451 g/mol. The van der Waals surface area contributed by atoms with Crippen molar-refractivity contribution in [2.75, 3.05) is 70.9 Å². The van der Waals surface area contributed by atoms with Gasteiger partial charge in [-0.25, -0.2) is 0 Å². The van der Waals surface area contributed by atoms with Gasteiger partial charge in [0.2, 0.25) is 11.8 Å². The summed E-state index contributed by atoms with van der Waals surface area (Å²) >= 11 is 0. The Labute approximate surface area is 196 Å². The number of nitrogens with zero attached hydrogens (tertiary/aromatic N) is 4. The first-order chi connectivity index (χ1) is 16.0. The van der Waals surface area contributed by atoms with Gasteiger partial charge in [-0.1, -0.05) is 29.8 Å². The van der Waals surface area contributed by atoms with E-state index in [4.69, 9.17) is 4.74 Å². The number of rotatable bonds is 6. The predicted octanol–water partition coefficient (Wildman–Crippen LogP) is 2.04. The summed E-state index contributed by atoms with van der Waals surface area (Å²) in [6, 6.07) is 16.2. The molecule has 2 heterocycles. The van der Waals surface area contributed by atoms with E-state index in [0.29, 0.717) is 26.1 Å². The Kier molecular flexibility index (Phi) is 7.50. The molecule has 176 valence electrons. The molecule has 7 heteroatoms. The second-order valence-corrected chi connectivity index (χ2v) is 8.89. The number of aryl methyl sites for hydroxylation is 1. The highest BCUT2D eigenvalue weighted by Crippen LogP contribution is 2.20. The van der Waals surface area contributed by atoms with E-state index in [9.17, 15) is 9.59 Å². The molecule has 2 saturated heterocycles. The molecular weight excluding hydrogens is 416 g/mol. The van der Waals surface area contributed by atoms with Gasteiger partial charge in [-0.05, 0) is 36.8 Å². The molecule has 0 aromatic heterocycles. The van der Waals surface area contributed by atoms with Crippen molar-refractivity contribution in [3.05, 3.63) is 59.7 Å². The fourth-order valence-corrected chi connectivity index (χ4v) is 4.45. The maximum absolute atomic E-state index is 12.8. The van der Waals surface area contributed by atoms with Crippen molar-refractivity contribution in [3.63, 3.8) is 0 Å². The van der Waals surface area contributed by atoms with Crippen molar-refractivity contribution in [2.45, 2.75) is 13.3 Å². The molecule has 0 bridgehead atoms. The highest BCUT2D eigenvalue weighted by Gasteiger charge is 2.26. The molecule has 2 fully saturated rings. The molecule has 0 N–H and O–H groups in total. The van der Waals surface area contributed by atoms with Crippen LogP contribution in [0.3, 0.4) is 0 Å². The van der Waals surface area contributed by atoms with Crippen molar-refractivity contribution < 1.29 is 14.3 Å². The number of hydrogen-bond acceptors (Lipinski definition) is 5. The Balaban J connectivity index is 1.18. The van der Waals surface area contributed by atoms with E-state index in [1.165, 1.54) is 5.56 Å². The predicted molar refractivity (Wildman–Crippen MR) is 130 cm³/mol. The topological polar surface area (TPSA) is 56.3 Å². The van der Waals surface area contributed by atoms with Gasteiger partial charge in [-0.3, -0.25) is 14.5 Å². The standard InChI is InChI=1S/C26H34N4O3/c1-21-3-5-22(6-4-21)19-25(31)29-13-11-27(12-14-29)20-26(32)30-17-15-28(16-18-30)23-7-9-24(33-2)10-8-23/h3-10H,11-20H2,1-2H3. The minimum Gasteiger partial charge on any atom is -0.497 e. The van der Waals surface area contributed by atoms with Crippen molar-refractivity contribution >= 4 is 17.5 Å². The van der Waals surface area contributed by atoms with E-state index < -0.39 is 0 Å². The highest BCUT2D eigenvalue weighted by atomic mass is 16.5. The molecule has 2 aliphatic rings. The number of carbonyl (C=O) groups is 2. The molecule has 7 nitrogen and oxygen atoms in total. The van der Waals surface area contributed by atoms with Crippen LogP contribution in [0.1, 0.15) is 11.1 Å². The Hall–Kier alpha value is -3.06. The van der Waals surface area contributed by atoms with Crippen LogP contribution in [0.5, 0.6) is 5.75 Å². The average Bonchev–Trinajstić information content (AvgIpc) is 2.86. The SMILES string of the molecule is COc1ccc(N2CCN(C(=O)CN3CCN(C(=O)Cc4ccc(C)cc4)CC3)CC2)cc1. The monoisotopic (exact) mass is 450 g/mol. The van der Waals surface area contributed by atoms with Crippen molar-refractivity contribution in [1.82, 2.24) is 14.7 Å². The summed E-state index contributed by atoms with van der Waals surface area (Å²) in [5.74, 6) is 1.20. The van der Waals surface area contributed by atoms with Gasteiger partial charge in [0.25, 0.3) is 0 Å². The number of hydrogen-bond donors (Lipinski definition) is 0. The Bertz CT molecular complexity index is 929. The quantitative estimate of drug-likeness (QED) is 0.674. The number of anilines is 1. The largest absolute Gasteiger partial charge is 0.497 e. The van der Waals surface area contributed by atoms with Crippen LogP contribution in [0.15, 0.2) is 48.5 Å². The van der Waals surface area contributed by atoms with Crippen LogP contribution in [0.25, 0.3) is 0 Å². The third-order valence-corrected chi connectivity index (χ3v) is 6.63. The van der Waals surface area contributed by atoms with Gasteiger partial charge in [0, 0.05) is 58.0 Å². The second kappa shape index (κ2) is 10.7. The number of ether oxygens (including phenoxy) is 1. The van der Waals surface area contributed by atoms with Gasteiger partial charge in [-0.15, -0.1) is 0 Å². The summed E-state index contributed by atoms with van der Waals surface area (Å²) in [6.45, 7) is 8.48. The molecule has 0 radical (unpaired) electrons. The lowest BCUT2D eigenvalue weighted by Crippen LogP contribution is -2.54. The van der Waals surface area contributed by atoms with Crippen LogP contribution < -0.4 is 9.64 Å². The number of methoxy groups -OCH3 is 1. The first kappa shape index (κ1) is 23.1. The van der Waals surface area contributed by atoms with Gasteiger partial charge >= 0.3 is 0 Å². The number of amides is 2. The first-order valence-electron chi connectivity index (χ1n) is 11.7. The van der Waals surface area contributed by atoms with Crippen LogP contribution in [-0.2, 0) is 16.0 Å². The third-order valence-electron chi connectivity index (χ3n) is 6.63. The molecular formula is C26H34N4O3. The Morgan fingerprint density at radius 2 is 1.33 bits per heavy atom. The maximum Gasteiger partial charge on any atom is 0.236 e. The third kappa shape index (κ3) is 6.05. The summed E-state index contributed by atoms with van der Waals surface area (Å²) in [4.78, 5) is 33.9. The zero-order chi connectivity index (χ0) is 23.2. The zero-order valence-electron chi connectivity index (χ0n) is 19.7. The van der Waals surface area contributed by atoms with Crippen molar-refractivity contribution in [3.8, 4) is 5.75 Å². The lowest BCUT2D eigenvalue weighted by Gasteiger charge is -2.38. The van der Waals surface area contributed by atoms with E-state index in [0.717, 1.165) is 56.3 Å². The number of benzene rings is 2. The van der Waals surface area contributed by atoms with Gasteiger partial charge in [-0.2, -0.15) is 0 Å². The van der Waals surface area contributed by atoms with E-state index in [1.54, 1.807) is 7.11 Å². The molecule has 2 aromatic rings. The van der Waals surface area contributed by atoms with Gasteiger partial charge in [0.05, 0.1) is 20.1 Å². The lowest BCUT2D eigenvalue weighted by atomic mass is 10.1. The molecule has 0 spiro atoms. The summed E-state index contributed by atoms with van der Waals surface area (Å²) in [6.07, 6.45) is 0.442. The molecule has 0 saturated carbocycles. The Morgan fingerprint density at radius 3 is 1.94 bits per heavy atom. The lowest BCUT2D eigenvalue weighted by molar-refractivity contribution is -0.135. The number of carbonyl (C=O) groups excluding carboxylic acids is 2. The molecule has 0 unspecified atom stereocenters. The molecule has 2 amide bonds. The van der Waals surface area contributed by atoms with Gasteiger partial charge < -0.3 is 19.4 Å². The van der Waals surface area contributed by atoms with Crippen molar-refractivity contribution in [1.29, 1.82) is 0 Å². The highest BCUT2D eigenvalue weighted by molar-refractivity contribution is 5.80. The molecule has 33 heavy (non-hydrogen) atoms. The minimum atomic E-state index is 0.166. The van der Waals surface area contributed by atoms with Crippen LogP contribution in [0, 0.1) is 6.92 Å². The van der Waals surface area contributed by atoms with E-state index in [2.05, 4.69) is 21.9 Å². The molecule has 0 atom stereocenters. The molecule has 0 aliphatic carbocycles. The van der Waals surface area contributed by atoms with Crippen molar-refractivity contribution in [2.24, 2.45) is 0 Å². The van der Waals surface area contributed by atoms with Gasteiger partial charge in [0.1, 0.15) is 5.75 Å². The second-order valence-electron chi connectivity index (χ2n) is 8.89. The fourth-order valence-electron chi connectivity index (χ4n) is 4.45. The fraction of sp³-hybridized carbons (Fsp3) is 0.462. The summed E-state index contributed by atoms with van der Waals surface area (Å²) < 4.78 is 5.23. The maximum atomic E-state index is 12.8. The van der Waals surface area contributed by atoms with Crippen LogP contribution in [-0.4, -0.2) is 92.5 Å². The molecule has 4 rings (SSSR count). The van der Waals surface area contributed by atoms with Crippen LogP contribution in [0.4, 0.5) is 5.69 Å². The Morgan fingerprint density at radius 1 is 0.758 bits per heavy atom. The first-order valence-corrected chi connectivity index (χ1v) is 11.7. The normalized spacial score (nSPS) is 17.2. The summed E-state index contributed by atoms with van der Waals surface area (Å²) in [7, 11) is 1.67. The van der Waals surface area contributed by atoms with Crippen LogP contribution in [0.2, 0.25) is 0 Å².